The number of aryl methyl sites for hydroxylation is 4. The first-order valence-electron chi connectivity index (χ1n) is 7.91. The molecule has 0 saturated heterocycles. The molecule has 0 saturated carbocycles. The van der Waals surface area contributed by atoms with Crippen LogP contribution in [0.15, 0.2) is 41.3 Å². The van der Waals surface area contributed by atoms with E-state index < -0.39 is 10.0 Å². The van der Waals surface area contributed by atoms with Crippen LogP contribution in [0.5, 0.6) is 0 Å². The molecule has 4 heteroatoms. The molecule has 0 radical (unpaired) electrons. The molecule has 3 nitrogen and oxygen atoms in total. The second-order valence-corrected chi connectivity index (χ2v) is 7.87. The third-order valence-corrected chi connectivity index (χ3v) is 5.84. The first-order chi connectivity index (χ1) is 10.7. The van der Waals surface area contributed by atoms with Crippen LogP contribution >= 0.6 is 0 Å². The van der Waals surface area contributed by atoms with Gasteiger partial charge in [-0.15, -0.1) is 0 Å². The van der Waals surface area contributed by atoms with Crippen LogP contribution in [0.2, 0.25) is 0 Å². The molecule has 0 aromatic heterocycles. The Bertz CT molecular complexity index is 770. The standard InChI is InChI=1S/C19H25NO2S/c1-6-18(17-9-7-13(2)8-10-17)20-23(21,22)19-15(4)11-14(3)12-16(19)5/h7-12,18,20H,6H2,1-5H3. The summed E-state index contributed by atoms with van der Waals surface area (Å²) in [5, 5.41) is 0. The smallest absolute Gasteiger partial charge is 0.207 e. The Morgan fingerprint density at radius 3 is 1.91 bits per heavy atom. The van der Waals surface area contributed by atoms with Crippen LogP contribution in [0.1, 0.15) is 47.2 Å². The predicted molar refractivity (Wildman–Crippen MR) is 95.2 cm³/mol. The fraction of sp³-hybridized carbons (Fsp3) is 0.368. The zero-order chi connectivity index (χ0) is 17.2. The molecule has 2 rings (SSSR count). The Morgan fingerprint density at radius 1 is 0.913 bits per heavy atom. The number of nitrogens with one attached hydrogen (secondary N) is 1. The summed E-state index contributed by atoms with van der Waals surface area (Å²) in [6.07, 6.45) is 0.701. The van der Waals surface area contributed by atoms with Gasteiger partial charge in [0.25, 0.3) is 0 Å². The molecular formula is C19H25NO2S. The van der Waals surface area contributed by atoms with E-state index in [-0.39, 0.29) is 6.04 Å². The van der Waals surface area contributed by atoms with Gasteiger partial charge in [-0.25, -0.2) is 13.1 Å². The fourth-order valence-corrected chi connectivity index (χ4v) is 4.78. The molecule has 2 aromatic rings. The molecule has 0 fully saturated rings. The minimum atomic E-state index is -3.56. The van der Waals surface area contributed by atoms with E-state index in [2.05, 4.69) is 4.72 Å². The number of benzene rings is 2. The van der Waals surface area contributed by atoms with Crippen LogP contribution in [0.25, 0.3) is 0 Å². The first kappa shape index (κ1) is 17.7. The summed E-state index contributed by atoms with van der Waals surface area (Å²) >= 11 is 0. The van der Waals surface area contributed by atoms with Gasteiger partial charge in [-0.1, -0.05) is 54.4 Å². The third kappa shape index (κ3) is 4.01. The quantitative estimate of drug-likeness (QED) is 0.885. The number of hydrogen-bond acceptors (Lipinski definition) is 2. The van der Waals surface area contributed by atoms with Crippen molar-refractivity contribution in [3.63, 3.8) is 0 Å². The number of rotatable bonds is 5. The Kier molecular flexibility index (Phi) is 5.27. The van der Waals surface area contributed by atoms with Gasteiger partial charge in [-0.3, -0.25) is 0 Å². The third-order valence-electron chi connectivity index (χ3n) is 4.06. The van der Waals surface area contributed by atoms with Crippen LogP contribution in [0.4, 0.5) is 0 Å². The van der Waals surface area contributed by atoms with Crippen molar-refractivity contribution < 1.29 is 8.42 Å². The molecule has 0 bridgehead atoms. The highest BCUT2D eigenvalue weighted by molar-refractivity contribution is 7.89. The van der Waals surface area contributed by atoms with Crippen molar-refractivity contribution in [1.82, 2.24) is 4.72 Å². The topological polar surface area (TPSA) is 46.2 Å². The minimum Gasteiger partial charge on any atom is -0.207 e. The average Bonchev–Trinajstić information content (AvgIpc) is 2.44. The summed E-state index contributed by atoms with van der Waals surface area (Å²) in [7, 11) is -3.56. The van der Waals surface area contributed by atoms with Gasteiger partial charge in [-0.05, 0) is 50.8 Å². The van der Waals surface area contributed by atoms with Gasteiger partial charge in [0.2, 0.25) is 10.0 Å². The molecule has 124 valence electrons. The molecule has 1 atom stereocenters. The van der Waals surface area contributed by atoms with Crippen LogP contribution < -0.4 is 4.72 Å². The molecule has 0 spiro atoms. The molecule has 0 amide bonds. The summed E-state index contributed by atoms with van der Waals surface area (Å²) < 4.78 is 28.6. The van der Waals surface area contributed by atoms with E-state index in [4.69, 9.17) is 0 Å². The van der Waals surface area contributed by atoms with Crippen molar-refractivity contribution in [2.45, 2.75) is 52.0 Å². The Hall–Kier alpha value is -1.65. The Morgan fingerprint density at radius 2 is 1.43 bits per heavy atom. The summed E-state index contributed by atoms with van der Waals surface area (Å²) in [5.74, 6) is 0. The largest absolute Gasteiger partial charge is 0.241 e. The highest BCUT2D eigenvalue weighted by Gasteiger charge is 2.23. The van der Waals surface area contributed by atoms with E-state index in [1.54, 1.807) is 0 Å². The lowest BCUT2D eigenvalue weighted by molar-refractivity contribution is 0.549. The average molecular weight is 331 g/mol. The van der Waals surface area contributed by atoms with Crippen molar-refractivity contribution >= 4 is 10.0 Å². The second kappa shape index (κ2) is 6.85. The molecule has 23 heavy (non-hydrogen) atoms. The van der Waals surface area contributed by atoms with E-state index in [0.717, 1.165) is 27.8 Å². The molecule has 1 N–H and O–H groups in total. The van der Waals surface area contributed by atoms with E-state index in [1.165, 1.54) is 0 Å². The van der Waals surface area contributed by atoms with Gasteiger partial charge in [0.05, 0.1) is 4.90 Å². The molecular weight excluding hydrogens is 306 g/mol. The van der Waals surface area contributed by atoms with E-state index >= 15 is 0 Å². The van der Waals surface area contributed by atoms with Gasteiger partial charge in [0.1, 0.15) is 0 Å². The monoisotopic (exact) mass is 331 g/mol. The molecule has 1 unspecified atom stereocenters. The van der Waals surface area contributed by atoms with Crippen molar-refractivity contribution in [1.29, 1.82) is 0 Å². The van der Waals surface area contributed by atoms with Crippen molar-refractivity contribution in [3.05, 3.63) is 64.2 Å². The van der Waals surface area contributed by atoms with Crippen molar-refractivity contribution in [2.75, 3.05) is 0 Å². The van der Waals surface area contributed by atoms with Gasteiger partial charge < -0.3 is 0 Å². The van der Waals surface area contributed by atoms with Gasteiger partial charge in [0.15, 0.2) is 0 Å². The van der Waals surface area contributed by atoms with Crippen LogP contribution in [-0.2, 0) is 10.0 Å². The van der Waals surface area contributed by atoms with Gasteiger partial charge in [-0.2, -0.15) is 0 Å². The predicted octanol–water partition coefficient (Wildman–Crippen LogP) is 4.35. The Balaban J connectivity index is 2.38. The minimum absolute atomic E-state index is 0.222. The summed E-state index contributed by atoms with van der Waals surface area (Å²) in [4.78, 5) is 0.397. The van der Waals surface area contributed by atoms with Crippen molar-refractivity contribution in [3.8, 4) is 0 Å². The van der Waals surface area contributed by atoms with Crippen LogP contribution in [0.3, 0.4) is 0 Å². The maximum absolute atomic E-state index is 12.9. The second-order valence-electron chi connectivity index (χ2n) is 6.22. The number of sulfonamides is 1. The Labute approximate surface area is 139 Å². The lowest BCUT2D eigenvalue weighted by Crippen LogP contribution is -2.29. The number of hydrogen-bond donors (Lipinski definition) is 1. The lowest BCUT2D eigenvalue weighted by Gasteiger charge is -2.20. The highest BCUT2D eigenvalue weighted by Crippen LogP contribution is 2.25. The normalized spacial score (nSPS) is 13.1. The summed E-state index contributed by atoms with van der Waals surface area (Å²) in [5.41, 5.74) is 4.80. The zero-order valence-corrected chi connectivity index (χ0v) is 15.3. The van der Waals surface area contributed by atoms with Crippen LogP contribution in [0, 0.1) is 27.7 Å². The maximum atomic E-state index is 12.9. The molecule has 0 aliphatic carbocycles. The molecule has 0 aliphatic rings. The maximum Gasteiger partial charge on any atom is 0.241 e. The van der Waals surface area contributed by atoms with Gasteiger partial charge in [0, 0.05) is 6.04 Å². The van der Waals surface area contributed by atoms with E-state index in [1.807, 2.05) is 71.0 Å². The molecule has 0 aliphatic heterocycles. The molecule has 2 aromatic carbocycles. The zero-order valence-electron chi connectivity index (χ0n) is 14.5. The summed E-state index contributed by atoms with van der Waals surface area (Å²) in [6, 6.07) is 11.6. The SMILES string of the molecule is CCC(NS(=O)(=O)c1c(C)cc(C)cc1C)c1ccc(C)cc1. The molecule has 0 heterocycles. The highest BCUT2D eigenvalue weighted by atomic mass is 32.2. The first-order valence-corrected chi connectivity index (χ1v) is 9.39. The van der Waals surface area contributed by atoms with Gasteiger partial charge >= 0.3 is 0 Å². The van der Waals surface area contributed by atoms with E-state index in [0.29, 0.717) is 11.3 Å². The van der Waals surface area contributed by atoms with Crippen molar-refractivity contribution in [2.24, 2.45) is 0 Å². The summed E-state index contributed by atoms with van der Waals surface area (Å²) in [6.45, 7) is 9.68. The van der Waals surface area contributed by atoms with E-state index in [9.17, 15) is 8.42 Å². The van der Waals surface area contributed by atoms with Crippen LogP contribution in [-0.4, -0.2) is 8.42 Å². The lowest BCUT2D eigenvalue weighted by atomic mass is 10.0. The fourth-order valence-electron chi connectivity index (χ4n) is 3.02.